The van der Waals surface area contributed by atoms with Crippen molar-refractivity contribution >= 4 is 120 Å². The zero-order valence-electron chi connectivity index (χ0n) is 72.2. The Morgan fingerprint density at radius 3 is 1.03 bits per heavy atom. The Balaban J connectivity index is 0.000000126. The quantitative estimate of drug-likeness (QED) is 0.0648. The van der Waals surface area contributed by atoms with Gasteiger partial charge < -0.3 is 47.4 Å². The molecule has 692 valence electrons. The molecule has 0 spiro atoms. The van der Waals surface area contributed by atoms with E-state index in [9.17, 15) is 88.9 Å². The van der Waals surface area contributed by atoms with Gasteiger partial charge in [0, 0.05) is 34.8 Å². The summed E-state index contributed by atoms with van der Waals surface area (Å²) in [4.78, 5) is 96.0. The van der Waals surface area contributed by atoms with Crippen molar-refractivity contribution in [3.05, 3.63) is 0 Å². The summed E-state index contributed by atoms with van der Waals surface area (Å²) in [6, 6.07) is 0. The van der Waals surface area contributed by atoms with Crippen molar-refractivity contribution in [2.45, 2.75) is 354 Å². The molecular weight excluding hydrogens is 1750 g/mol. The monoisotopic (exact) mass is 1860 g/mol. The van der Waals surface area contributed by atoms with E-state index in [1.54, 1.807) is 53.3 Å². The van der Waals surface area contributed by atoms with Gasteiger partial charge in [0.2, 0.25) is 0 Å². The van der Waals surface area contributed by atoms with Crippen LogP contribution >= 0.6 is 11.8 Å². The van der Waals surface area contributed by atoms with Gasteiger partial charge in [-0.3, -0.25) is 49.7 Å². The molecular formula is C80H120O35S7. The van der Waals surface area contributed by atoms with E-state index in [0.29, 0.717) is 70.6 Å². The predicted molar refractivity (Wildman–Crippen MR) is 430 cm³/mol. The van der Waals surface area contributed by atoms with Gasteiger partial charge in [-0.15, -0.1) is 11.8 Å². The third-order valence-electron chi connectivity index (χ3n) is 29.9. The van der Waals surface area contributed by atoms with Gasteiger partial charge in [0.1, 0.15) is 82.9 Å². The summed E-state index contributed by atoms with van der Waals surface area (Å²) in [6.45, 7) is 32.2. The molecule has 18 rings (SSSR count). The molecule has 122 heavy (non-hydrogen) atoms. The Morgan fingerprint density at radius 2 is 0.615 bits per heavy atom. The van der Waals surface area contributed by atoms with Crippen LogP contribution in [0.25, 0.3) is 0 Å². The van der Waals surface area contributed by atoms with E-state index in [4.69, 9.17) is 68.3 Å². The molecule has 18 aliphatic rings. The molecule has 12 saturated heterocycles. The number of hydrogen-bond acceptors (Lipinski definition) is 36. The van der Waals surface area contributed by atoms with Crippen molar-refractivity contribution in [3.8, 4) is 0 Å². The fourth-order valence-corrected chi connectivity index (χ4v) is 33.6. The predicted octanol–water partition coefficient (Wildman–Crippen LogP) is 6.34. The maximum Gasteiger partial charge on any atom is 0.344 e. The Kier molecular flexibility index (Phi) is 26.1. The maximum atomic E-state index is 12.2. The Morgan fingerprint density at radius 1 is 0.303 bits per heavy atom. The SMILES string of the molecule is CCC(C)(C)C(=O)OC1C2CC3C(O2)C1OS3(=O)=O.CCC(C)(C)C(=O)OC1C2CC3C(S2)C1OS3(=O)=O.CCC(C)(C)C(=O)OC1C2CC3C1CS(=O)(=O)C3C2.CCC(C)(C)C(=O)OC1C2CC3C1OS(=O)(=O)C3C2.CCC(C)(C)C(=O)OCC(=O)OC1C2CC3C(O2)C1OS3(=O)=O.CCC(C)(C)C(=O)OCC(=O)OC1C2CC3C1OS(=O)(=O)C3C2. The number of thioether (sulfide) groups is 1. The lowest BCUT2D eigenvalue weighted by molar-refractivity contribution is -0.171. The lowest BCUT2D eigenvalue weighted by Crippen LogP contribution is -2.43. The molecule has 35 nitrogen and oxygen atoms in total. The molecule has 0 aromatic carbocycles. The molecule has 12 bridgehead atoms. The summed E-state index contributed by atoms with van der Waals surface area (Å²) in [5.41, 5.74) is -3.45. The van der Waals surface area contributed by atoms with E-state index in [1.807, 2.05) is 83.1 Å². The first-order chi connectivity index (χ1) is 56.3. The van der Waals surface area contributed by atoms with Crippen molar-refractivity contribution in [1.29, 1.82) is 0 Å². The van der Waals surface area contributed by atoms with Crippen LogP contribution in [-0.4, -0.2) is 251 Å². The number of hydrogen-bond donors (Lipinski definition) is 0. The van der Waals surface area contributed by atoms with Crippen LogP contribution in [0.3, 0.4) is 0 Å². The first-order valence-electron chi connectivity index (χ1n) is 42.7. The molecule has 12 aliphatic heterocycles. The van der Waals surface area contributed by atoms with E-state index >= 15 is 0 Å². The summed E-state index contributed by atoms with van der Waals surface area (Å²) in [5.74, 6) is -2.45. The second kappa shape index (κ2) is 33.5. The maximum absolute atomic E-state index is 12.2. The molecule has 30 unspecified atom stereocenters. The molecule has 0 aromatic heterocycles. The number of carbonyl (C=O) groups is 8. The standard InChI is InChI=1S/C15H22O7S.C14H20O8S.C14H22O4S.C13H20O5S.C12H18O6S.C12H18O5S2/c1-4-15(2,3)14(17)20-7-11(16)21-12-8-5-9-10(6-8)23(18,19)22-13(9)12;1-4-14(2,3)13(16)19-6-9(15)21-10-7-5-8-11(20-7)12(10)22-23(8,17)18;1-4-14(2,3)13(15)18-12-8-5-9-10(12)7-19(16,17)11(9)6-8;1-4-13(2,3)12(14)17-10-7-5-8-9(6-7)19(15,16)18-11(8)10;1-4-12(2,3)11(13)17-8-6-5-7-9(16-6)10(8)18-19(7,14)15;1-4-12(2,3)11(13)16-8-6-5-7-10(18-6)9(8)17-19(7,14)15/h8-10,12-13H,4-7H2,1-3H3;7-8,10-12H,4-6H2,1-3H3;8-12H,4-7H2,1-3H3;7-11H,4-6H2,1-3H3;2*6-10H,4-5H2,1-3H3. The van der Waals surface area contributed by atoms with E-state index in [-0.39, 0.29) is 117 Å². The summed E-state index contributed by atoms with van der Waals surface area (Å²) >= 11 is 1.60. The first kappa shape index (κ1) is 95.1. The van der Waals surface area contributed by atoms with Crippen LogP contribution in [0.5, 0.6) is 0 Å². The fraction of sp³-hybridized carbons (Fsp3) is 0.900. The van der Waals surface area contributed by atoms with Gasteiger partial charge >= 0.3 is 47.8 Å². The van der Waals surface area contributed by atoms with Gasteiger partial charge in [0.15, 0.2) is 35.3 Å². The van der Waals surface area contributed by atoms with E-state index in [0.717, 1.165) is 19.3 Å². The summed E-state index contributed by atoms with van der Waals surface area (Å²) in [7, 11) is -20.6. The third kappa shape index (κ3) is 17.6. The summed E-state index contributed by atoms with van der Waals surface area (Å²) < 4.78 is 221. The zero-order valence-corrected chi connectivity index (χ0v) is 77.9. The van der Waals surface area contributed by atoms with Crippen molar-refractivity contribution in [2.75, 3.05) is 19.0 Å². The van der Waals surface area contributed by atoms with Crippen molar-refractivity contribution in [3.63, 3.8) is 0 Å². The van der Waals surface area contributed by atoms with Crippen molar-refractivity contribution in [1.82, 2.24) is 0 Å². The van der Waals surface area contributed by atoms with Crippen LogP contribution in [-0.2, 0) is 167 Å². The summed E-state index contributed by atoms with van der Waals surface area (Å²) in [5, 5.41) is -2.61. The largest absolute Gasteiger partial charge is 0.461 e. The van der Waals surface area contributed by atoms with Crippen LogP contribution in [0.15, 0.2) is 0 Å². The Hall–Kier alpha value is -4.47. The van der Waals surface area contributed by atoms with Gasteiger partial charge in [0.05, 0.1) is 71.5 Å². The number of carbonyl (C=O) groups excluding carboxylic acids is 8. The molecule has 0 aromatic rings. The van der Waals surface area contributed by atoms with E-state index in [1.165, 1.54) is 0 Å². The molecule has 42 heteroatoms. The zero-order chi connectivity index (χ0) is 90.0. The highest BCUT2D eigenvalue weighted by molar-refractivity contribution is 8.03. The van der Waals surface area contributed by atoms with Crippen LogP contribution < -0.4 is 0 Å². The highest BCUT2D eigenvalue weighted by atomic mass is 32.2. The number of ether oxygens (including phenoxy) is 10. The van der Waals surface area contributed by atoms with Gasteiger partial charge in [-0.1, -0.05) is 41.5 Å². The number of fused-ring (bicyclic) bond motifs is 6. The smallest absolute Gasteiger partial charge is 0.344 e. The van der Waals surface area contributed by atoms with Crippen LogP contribution in [0.1, 0.15) is 221 Å². The number of sulfone groups is 1. The molecule has 0 amide bonds. The Bertz CT molecular complexity index is 4340. The first-order valence-corrected chi connectivity index (χ1v) is 52.7. The van der Waals surface area contributed by atoms with Gasteiger partial charge in [-0.2, -0.15) is 42.1 Å². The minimum Gasteiger partial charge on any atom is -0.461 e. The van der Waals surface area contributed by atoms with Crippen LogP contribution in [0.2, 0.25) is 0 Å². The average molecular weight is 1870 g/mol. The summed E-state index contributed by atoms with van der Waals surface area (Å²) in [6.07, 6.45) is 1.57. The Labute approximate surface area is 719 Å². The fourth-order valence-electron chi connectivity index (χ4n) is 19.8. The van der Waals surface area contributed by atoms with E-state index in [2.05, 4.69) is 0 Å². The second-order valence-electron chi connectivity index (χ2n) is 39.8. The average Bonchev–Trinajstić information content (AvgIpc) is 1.58. The minimum absolute atomic E-state index is 0.0130. The number of rotatable bonds is 22. The lowest BCUT2D eigenvalue weighted by Gasteiger charge is -2.30. The topological polar surface area (TPSA) is 480 Å². The molecule has 12 heterocycles. The highest BCUT2D eigenvalue weighted by Gasteiger charge is 2.72. The normalized spacial score (nSPS) is 40.4. The molecule has 18 fully saturated rings. The number of esters is 8. The minimum atomic E-state index is -3.65. The van der Waals surface area contributed by atoms with Crippen molar-refractivity contribution in [2.24, 2.45) is 73.9 Å². The molecule has 6 saturated carbocycles. The molecule has 0 radical (unpaired) electrons. The molecule has 30 atom stereocenters. The van der Waals surface area contributed by atoms with Crippen LogP contribution in [0.4, 0.5) is 0 Å². The van der Waals surface area contributed by atoms with Gasteiger partial charge in [-0.25, -0.2) is 18.0 Å². The van der Waals surface area contributed by atoms with Crippen molar-refractivity contribution < 1.29 is 157 Å². The molecule has 6 aliphatic carbocycles. The lowest BCUT2D eigenvalue weighted by atomic mass is 9.86. The van der Waals surface area contributed by atoms with Gasteiger partial charge in [-0.05, 0) is 191 Å². The van der Waals surface area contributed by atoms with Gasteiger partial charge in [0.25, 0.3) is 50.6 Å². The highest BCUT2D eigenvalue weighted by Crippen LogP contribution is 2.61. The molecule has 0 N–H and O–H groups in total. The second-order valence-corrected chi connectivity index (χ2v) is 52.4. The van der Waals surface area contributed by atoms with E-state index < -0.39 is 224 Å². The third-order valence-corrected chi connectivity index (χ3v) is 42.7. The van der Waals surface area contributed by atoms with Crippen LogP contribution in [0, 0.1) is 73.9 Å².